The van der Waals surface area contributed by atoms with Crippen LogP contribution >= 0.6 is 0 Å². The van der Waals surface area contributed by atoms with Gasteiger partial charge in [-0.3, -0.25) is 4.79 Å². The molecule has 1 aliphatic rings. The van der Waals surface area contributed by atoms with Crippen LogP contribution in [-0.4, -0.2) is 31.1 Å². The molecule has 138 valence electrons. The number of hydrogen-bond donors (Lipinski definition) is 0. The molecule has 0 radical (unpaired) electrons. The number of ether oxygens (including phenoxy) is 2. The van der Waals surface area contributed by atoms with Crippen molar-refractivity contribution < 1.29 is 23.0 Å². The van der Waals surface area contributed by atoms with Crippen LogP contribution in [0.25, 0.3) is 0 Å². The molecule has 2 aromatic rings. The van der Waals surface area contributed by atoms with Crippen molar-refractivity contribution >= 4 is 5.91 Å². The zero-order valence-corrected chi connectivity index (χ0v) is 15.0. The van der Waals surface area contributed by atoms with Gasteiger partial charge in [-0.2, -0.15) is 0 Å². The van der Waals surface area contributed by atoms with Crippen molar-refractivity contribution in [3.05, 3.63) is 58.7 Å². The Kier molecular flexibility index (Phi) is 5.11. The maximum absolute atomic E-state index is 14.0. The van der Waals surface area contributed by atoms with Gasteiger partial charge in [-0.15, -0.1) is 0 Å². The highest BCUT2D eigenvalue weighted by Crippen LogP contribution is 2.34. The van der Waals surface area contributed by atoms with Crippen molar-refractivity contribution in [2.75, 3.05) is 20.3 Å². The van der Waals surface area contributed by atoms with Crippen molar-refractivity contribution in [2.24, 2.45) is 0 Å². The Morgan fingerprint density at radius 3 is 2.69 bits per heavy atom. The molecule has 1 aliphatic heterocycles. The van der Waals surface area contributed by atoms with Crippen LogP contribution in [0.3, 0.4) is 0 Å². The molecule has 4 nitrogen and oxygen atoms in total. The Balaban J connectivity index is 1.91. The Labute approximate surface area is 151 Å². The summed E-state index contributed by atoms with van der Waals surface area (Å²) in [5.74, 6) is -0.367. The SMILES string of the molecule is CCOc1ccc(C(=O)N2CCc3c(F)cc(F)cc3C2C)cc1OC. The smallest absolute Gasteiger partial charge is 0.254 e. The largest absolute Gasteiger partial charge is 0.493 e. The Morgan fingerprint density at radius 1 is 1.23 bits per heavy atom. The van der Waals surface area contributed by atoms with E-state index in [4.69, 9.17) is 9.47 Å². The molecule has 3 rings (SSSR count). The fourth-order valence-electron chi connectivity index (χ4n) is 3.37. The number of benzene rings is 2. The van der Waals surface area contributed by atoms with E-state index in [0.717, 1.165) is 6.07 Å². The molecule has 0 N–H and O–H groups in total. The van der Waals surface area contributed by atoms with Gasteiger partial charge < -0.3 is 14.4 Å². The highest BCUT2D eigenvalue weighted by atomic mass is 19.1. The summed E-state index contributed by atoms with van der Waals surface area (Å²) in [5.41, 5.74) is 1.43. The highest BCUT2D eigenvalue weighted by molar-refractivity contribution is 5.95. The van der Waals surface area contributed by atoms with E-state index in [1.165, 1.54) is 13.2 Å². The van der Waals surface area contributed by atoms with Gasteiger partial charge in [0.1, 0.15) is 11.6 Å². The first-order valence-corrected chi connectivity index (χ1v) is 8.55. The lowest BCUT2D eigenvalue weighted by Crippen LogP contribution is -2.39. The van der Waals surface area contributed by atoms with Gasteiger partial charge in [0.05, 0.1) is 19.8 Å². The summed E-state index contributed by atoms with van der Waals surface area (Å²) >= 11 is 0. The second-order valence-electron chi connectivity index (χ2n) is 6.18. The summed E-state index contributed by atoms with van der Waals surface area (Å²) in [4.78, 5) is 14.6. The van der Waals surface area contributed by atoms with Crippen molar-refractivity contribution in [3.8, 4) is 11.5 Å². The lowest BCUT2D eigenvalue weighted by molar-refractivity contribution is 0.0675. The number of amides is 1. The number of hydrogen-bond acceptors (Lipinski definition) is 3. The van der Waals surface area contributed by atoms with Crippen LogP contribution in [0.1, 0.15) is 41.4 Å². The molecule has 2 aromatic carbocycles. The molecule has 0 spiro atoms. The zero-order valence-electron chi connectivity index (χ0n) is 15.0. The summed E-state index contributed by atoms with van der Waals surface area (Å²) in [6.07, 6.45) is 0.353. The third kappa shape index (κ3) is 3.23. The maximum Gasteiger partial charge on any atom is 0.254 e. The third-order valence-corrected chi connectivity index (χ3v) is 4.69. The van der Waals surface area contributed by atoms with E-state index in [9.17, 15) is 13.6 Å². The van der Waals surface area contributed by atoms with E-state index in [2.05, 4.69) is 0 Å². The Hall–Kier alpha value is -2.63. The molecule has 1 heterocycles. The van der Waals surface area contributed by atoms with Gasteiger partial charge in [-0.1, -0.05) is 0 Å². The van der Waals surface area contributed by atoms with Gasteiger partial charge in [-0.25, -0.2) is 8.78 Å². The molecule has 0 fully saturated rings. The normalized spacial score (nSPS) is 16.2. The van der Waals surface area contributed by atoms with Crippen LogP contribution in [0, 0.1) is 11.6 Å². The molecular formula is C20H21F2NO3. The topological polar surface area (TPSA) is 38.8 Å². The molecule has 0 bridgehead atoms. The van der Waals surface area contributed by atoms with Crippen LogP contribution in [-0.2, 0) is 6.42 Å². The molecule has 0 saturated heterocycles. The number of nitrogens with zero attached hydrogens (tertiary/aromatic N) is 1. The van der Waals surface area contributed by atoms with Crippen LogP contribution in [0.15, 0.2) is 30.3 Å². The third-order valence-electron chi connectivity index (χ3n) is 4.69. The van der Waals surface area contributed by atoms with Crippen molar-refractivity contribution in [1.82, 2.24) is 4.90 Å². The molecule has 0 aliphatic carbocycles. The second-order valence-corrected chi connectivity index (χ2v) is 6.18. The van der Waals surface area contributed by atoms with Crippen molar-refractivity contribution in [2.45, 2.75) is 26.3 Å². The van der Waals surface area contributed by atoms with Crippen LogP contribution < -0.4 is 9.47 Å². The summed E-state index contributed by atoms with van der Waals surface area (Å²) < 4.78 is 38.4. The summed E-state index contributed by atoms with van der Waals surface area (Å²) in [5, 5.41) is 0. The second kappa shape index (κ2) is 7.32. The van der Waals surface area contributed by atoms with Crippen LogP contribution in [0.4, 0.5) is 8.78 Å². The fraction of sp³-hybridized carbons (Fsp3) is 0.350. The lowest BCUT2D eigenvalue weighted by Gasteiger charge is -2.35. The minimum absolute atomic E-state index is 0.214. The Morgan fingerprint density at radius 2 is 2.00 bits per heavy atom. The van der Waals surface area contributed by atoms with E-state index in [-0.39, 0.29) is 5.91 Å². The van der Waals surface area contributed by atoms with Gasteiger partial charge in [0.15, 0.2) is 11.5 Å². The number of fused-ring (bicyclic) bond motifs is 1. The van der Waals surface area contributed by atoms with E-state index >= 15 is 0 Å². The predicted molar refractivity (Wildman–Crippen MR) is 93.7 cm³/mol. The quantitative estimate of drug-likeness (QED) is 0.822. The highest BCUT2D eigenvalue weighted by Gasteiger charge is 2.30. The Bertz CT molecular complexity index is 838. The van der Waals surface area contributed by atoms with Gasteiger partial charge in [0.2, 0.25) is 0 Å². The van der Waals surface area contributed by atoms with Gasteiger partial charge >= 0.3 is 0 Å². The minimum atomic E-state index is -0.634. The van der Waals surface area contributed by atoms with Gasteiger partial charge in [0.25, 0.3) is 5.91 Å². The molecule has 26 heavy (non-hydrogen) atoms. The summed E-state index contributed by atoms with van der Waals surface area (Å²) in [7, 11) is 1.51. The predicted octanol–water partition coefficient (Wildman–Crippen LogP) is 4.13. The fourth-order valence-corrected chi connectivity index (χ4v) is 3.37. The maximum atomic E-state index is 14.0. The number of carbonyl (C=O) groups is 1. The van der Waals surface area contributed by atoms with E-state index in [0.29, 0.717) is 47.8 Å². The van der Waals surface area contributed by atoms with Crippen LogP contribution in [0.2, 0.25) is 0 Å². The first kappa shape index (κ1) is 18.2. The average Bonchev–Trinajstić information content (AvgIpc) is 2.62. The molecule has 1 amide bonds. The average molecular weight is 361 g/mol. The number of rotatable bonds is 4. The lowest BCUT2D eigenvalue weighted by atomic mass is 9.92. The van der Waals surface area contributed by atoms with E-state index < -0.39 is 17.7 Å². The summed E-state index contributed by atoms with van der Waals surface area (Å²) in [6.45, 7) is 4.50. The molecule has 1 unspecified atom stereocenters. The summed E-state index contributed by atoms with van der Waals surface area (Å²) in [6, 6.07) is 6.76. The van der Waals surface area contributed by atoms with E-state index in [1.54, 1.807) is 30.0 Å². The number of methoxy groups -OCH3 is 1. The van der Waals surface area contributed by atoms with Crippen molar-refractivity contribution in [1.29, 1.82) is 0 Å². The molecule has 6 heteroatoms. The molecule has 0 aromatic heterocycles. The molecule has 1 atom stereocenters. The van der Waals surface area contributed by atoms with Crippen molar-refractivity contribution in [3.63, 3.8) is 0 Å². The monoisotopic (exact) mass is 361 g/mol. The van der Waals surface area contributed by atoms with Crippen LogP contribution in [0.5, 0.6) is 11.5 Å². The van der Waals surface area contributed by atoms with E-state index in [1.807, 2.05) is 6.92 Å². The molecular weight excluding hydrogens is 340 g/mol. The first-order chi connectivity index (χ1) is 12.5. The minimum Gasteiger partial charge on any atom is -0.493 e. The molecule has 0 saturated carbocycles. The first-order valence-electron chi connectivity index (χ1n) is 8.55. The standard InChI is InChI=1S/C20H21F2NO3/c1-4-26-18-6-5-13(9-19(18)25-3)20(24)23-8-7-15-16(12(23)2)10-14(21)11-17(15)22/h5-6,9-12H,4,7-8H2,1-3H3. The van der Waals surface area contributed by atoms with Gasteiger partial charge in [-0.05, 0) is 55.7 Å². The number of carbonyl (C=O) groups excluding carboxylic acids is 1. The van der Waals surface area contributed by atoms with Gasteiger partial charge in [0, 0.05) is 18.2 Å². The zero-order chi connectivity index (χ0) is 18.8. The number of halogens is 2.